The molecule has 3 fully saturated rings. The smallest absolute Gasteiger partial charge is 0.0324 e. The summed E-state index contributed by atoms with van der Waals surface area (Å²) in [6.45, 7) is 7.46. The van der Waals surface area contributed by atoms with Gasteiger partial charge in [-0.3, -0.25) is 0 Å². The van der Waals surface area contributed by atoms with Crippen molar-refractivity contribution in [2.24, 2.45) is 41.4 Å². The van der Waals surface area contributed by atoms with E-state index in [9.17, 15) is 0 Å². The molecule has 0 nitrogen and oxygen atoms in total. The van der Waals surface area contributed by atoms with Gasteiger partial charge in [-0.2, -0.15) is 0 Å². The van der Waals surface area contributed by atoms with Crippen molar-refractivity contribution in [3.05, 3.63) is 0 Å². The summed E-state index contributed by atoms with van der Waals surface area (Å²) in [5.41, 5.74) is 0. The molecule has 3 saturated carbocycles. The predicted molar refractivity (Wildman–Crippen MR) is 92.2 cm³/mol. The average Bonchev–Trinajstić information content (AvgIpc) is 2.93. The molecule has 0 radical (unpaired) electrons. The maximum atomic E-state index is 2.60. The first-order valence-corrected chi connectivity index (χ1v) is 10.2. The van der Waals surface area contributed by atoms with Gasteiger partial charge in [0.15, 0.2) is 0 Å². The summed E-state index contributed by atoms with van der Waals surface area (Å²) in [4.78, 5) is 0. The highest BCUT2D eigenvalue weighted by Crippen LogP contribution is 2.56. The zero-order chi connectivity index (χ0) is 14.8. The van der Waals surface area contributed by atoms with Gasteiger partial charge in [0.1, 0.15) is 0 Å². The van der Waals surface area contributed by atoms with Crippen LogP contribution in [-0.2, 0) is 0 Å². The van der Waals surface area contributed by atoms with Crippen LogP contribution in [0.4, 0.5) is 0 Å². The van der Waals surface area contributed by atoms with Crippen molar-refractivity contribution in [3.8, 4) is 0 Å². The van der Waals surface area contributed by atoms with Gasteiger partial charge in [-0.1, -0.05) is 59.3 Å². The molecule has 0 aliphatic heterocycles. The fraction of sp³-hybridized carbons (Fsp3) is 1.00. The van der Waals surface area contributed by atoms with Crippen LogP contribution in [0.25, 0.3) is 0 Å². The monoisotopic (exact) mass is 290 g/mol. The lowest BCUT2D eigenvalue weighted by molar-refractivity contribution is -0.00156. The minimum Gasteiger partial charge on any atom is -0.0654 e. The number of hydrogen-bond acceptors (Lipinski definition) is 0. The Labute approximate surface area is 133 Å². The standard InChI is InChI=1S/C21H38/c1-4-5-8-19-16(3)14-18-7-6-9-20(18)21(19)17-12-10-15(2)11-13-17/h15-21H,4-14H2,1-3H3. The fourth-order valence-electron chi connectivity index (χ4n) is 6.50. The van der Waals surface area contributed by atoms with E-state index in [1.165, 1.54) is 32.1 Å². The van der Waals surface area contributed by atoms with Crippen LogP contribution in [0.5, 0.6) is 0 Å². The normalized spacial score (nSPS) is 47.3. The van der Waals surface area contributed by atoms with Gasteiger partial charge in [0.2, 0.25) is 0 Å². The lowest BCUT2D eigenvalue weighted by Gasteiger charge is -2.49. The van der Waals surface area contributed by atoms with Crippen molar-refractivity contribution < 1.29 is 0 Å². The first kappa shape index (κ1) is 15.9. The molecule has 0 aromatic rings. The molecule has 0 spiro atoms. The molecular weight excluding hydrogens is 252 g/mol. The van der Waals surface area contributed by atoms with Crippen molar-refractivity contribution in [3.63, 3.8) is 0 Å². The van der Waals surface area contributed by atoms with Crippen LogP contribution in [-0.4, -0.2) is 0 Å². The minimum atomic E-state index is 1.01. The van der Waals surface area contributed by atoms with Gasteiger partial charge in [-0.15, -0.1) is 0 Å². The highest BCUT2D eigenvalue weighted by molar-refractivity contribution is 4.96. The molecule has 21 heavy (non-hydrogen) atoms. The summed E-state index contributed by atoms with van der Waals surface area (Å²) in [6, 6.07) is 0. The number of hydrogen-bond donors (Lipinski definition) is 0. The summed E-state index contributed by atoms with van der Waals surface area (Å²) >= 11 is 0. The predicted octanol–water partition coefficient (Wildman–Crippen LogP) is 6.69. The van der Waals surface area contributed by atoms with Gasteiger partial charge in [0.25, 0.3) is 0 Å². The van der Waals surface area contributed by atoms with Crippen LogP contribution < -0.4 is 0 Å². The third kappa shape index (κ3) is 3.35. The lowest BCUT2D eigenvalue weighted by Crippen LogP contribution is -2.42. The van der Waals surface area contributed by atoms with E-state index in [2.05, 4.69) is 20.8 Å². The van der Waals surface area contributed by atoms with E-state index in [-0.39, 0.29) is 0 Å². The largest absolute Gasteiger partial charge is 0.0654 e. The molecule has 0 heterocycles. The second kappa shape index (κ2) is 7.05. The molecule has 3 aliphatic carbocycles. The summed E-state index contributed by atoms with van der Waals surface area (Å²) in [6.07, 6.45) is 16.8. The van der Waals surface area contributed by atoms with Crippen molar-refractivity contribution >= 4 is 0 Å². The Kier molecular flexibility index (Phi) is 5.33. The molecule has 0 heteroatoms. The molecule has 5 unspecified atom stereocenters. The Bertz CT molecular complexity index is 312. The van der Waals surface area contributed by atoms with E-state index in [4.69, 9.17) is 0 Å². The Morgan fingerprint density at radius 1 is 0.857 bits per heavy atom. The molecule has 0 aromatic heterocycles. The van der Waals surface area contributed by atoms with Crippen molar-refractivity contribution in [2.75, 3.05) is 0 Å². The van der Waals surface area contributed by atoms with Gasteiger partial charge in [0.05, 0.1) is 0 Å². The second-order valence-corrected chi connectivity index (χ2v) is 8.97. The quantitative estimate of drug-likeness (QED) is 0.541. The zero-order valence-corrected chi connectivity index (χ0v) is 14.8. The number of unbranched alkanes of at least 4 members (excludes halogenated alkanes) is 1. The molecule has 0 amide bonds. The topological polar surface area (TPSA) is 0 Å². The molecule has 0 N–H and O–H groups in total. The van der Waals surface area contributed by atoms with E-state index in [0.717, 1.165) is 41.4 Å². The zero-order valence-electron chi connectivity index (χ0n) is 14.8. The maximum Gasteiger partial charge on any atom is -0.0324 e. The Morgan fingerprint density at radius 2 is 1.62 bits per heavy atom. The maximum absolute atomic E-state index is 2.60. The van der Waals surface area contributed by atoms with Gasteiger partial charge >= 0.3 is 0 Å². The molecule has 5 atom stereocenters. The van der Waals surface area contributed by atoms with Gasteiger partial charge in [-0.25, -0.2) is 0 Å². The third-order valence-corrected chi connectivity index (χ3v) is 7.61. The molecular formula is C21H38. The van der Waals surface area contributed by atoms with Crippen LogP contribution >= 0.6 is 0 Å². The van der Waals surface area contributed by atoms with Crippen molar-refractivity contribution in [1.29, 1.82) is 0 Å². The Balaban J connectivity index is 1.75. The summed E-state index contributed by atoms with van der Waals surface area (Å²) < 4.78 is 0. The fourth-order valence-corrected chi connectivity index (χ4v) is 6.50. The minimum absolute atomic E-state index is 1.01. The molecule has 0 aromatic carbocycles. The average molecular weight is 291 g/mol. The number of rotatable bonds is 4. The Hall–Kier alpha value is 0. The molecule has 3 rings (SSSR count). The van der Waals surface area contributed by atoms with Crippen molar-refractivity contribution in [2.45, 2.75) is 91.4 Å². The molecule has 0 bridgehead atoms. The van der Waals surface area contributed by atoms with Crippen LogP contribution in [0, 0.1) is 41.4 Å². The summed E-state index contributed by atoms with van der Waals surface area (Å²) in [5.74, 6) is 7.54. The molecule has 0 saturated heterocycles. The van der Waals surface area contributed by atoms with Gasteiger partial charge < -0.3 is 0 Å². The number of fused-ring (bicyclic) bond motifs is 1. The third-order valence-electron chi connectivity index (χ3n) is 7.61. The van der Waals surface area contributed by atoms with Gasteiger partial charge in [-0.05, 0) is 73.5 Å². The highest BCUT2D eigenvalue weighted by atomic mass is 14.5. The van der Waals surface area contributed by atoms with Crippen molar-refractivity contribution in [1.82, 2.24) is 0 Å². The summed E-state index contributed by atoms with van der Waals surface area (Å²) in [5, 5.41) is 0. The molecule has 3 aliphatic rings. The Morgan fingerprint density at radius 3 is 2.33 bits per heavy atom. The van der Waals surface area contributed by atoms with E-state index in [1.54, 1.807) is 38.5 Å². The van der Waals surface area contributed by atoms with Gasteiger partial charge in [0, 0.05) is 0 Å². The van der Waals surface area contributed by atoms with Crippen LogP contribution in [0.1, 0.15) is 91.4 Å². The first-order valence-electron chi connectivity index (χ1n) is 10.2. The molecule has 122 valence electrons. The van der Waals surface area contributed by atoms with E-state index < -0.39 is 0 Å². The van der Waals surface area contributed by atoms with Crippen LogP contribution in [0.3, 0.4) is 0 Å². The summed E-state index contributed by atoms with van der Waals surface area (Å²) in [7, 11) is 0. The van der Waals surface area contributed by atoms with Crippen LogP contribution in [0.15, 0.2) is 0 Å². The first-order chi connectivity index (χ1) is 10.2. The van der Waals surface area contributed by atoms with E-state index in [1.807, 2.05) is 0 Å². The SMILES string of the molecule is CCCCC1C(C)CC2CCCC2C1C1CCC(C)CC1. The highest BCUT2D eigenvalue weighted by Gasteiger charge is 2.47. The second-order valence-electron chi connectivity index (χ2n) is 8.97. The van der Waals surface area contributed by atoms with Crippen LogP contribution in [0.2, 0.25) is 0 Å². The van der Waals surface area contributed by atoms with E-state index in [0.29, 0.717) is 0 Å². The van der Waals surface area contributed by atoms with E-state index >= 15 is 0 Å². The lowest BCUT2D eigenvalue weighted by atomic mass is 9.56.